The molecule has 0 heterocycles. The molecule has 0 saturated heterocycles. The molecule has 176 valence electrons. The van der Waals surface area contributed by atoms with Crippen molar-refractivity contribution >= 4 is 23.9 Å². The predicted molar refractivity (Wildman–Crippen MR) is 128 cm³/mol. The van der Waals surface area contributed by atoms with E-state index in [4.69, 9.17) is 19.3 Å². The van der Waals surface area contributed by atoms with Crippen LogP contribution in [0.4, 0.5) is 10.5 Å². The summed E-state index contributed by atoms with van der Waals surface area (Å²) in [6.07, 6.45) is 1.48. The van der Waals surface area contributed by atoms with Gasteiger partial charge in [-0.2, -0.15) is 5.10 Å². The molecule has 3 aromatic rings. The van der Waals surface area contributed by atoms with Gasteiger partial charge in [-0.3, -0.25) is 0 Å². The number of amides is 2. The molecule has 0 bridgehead atoms. The standard InChI is InChI=1S/C25H25N3O6/c1-3-33-21-11-9-20(10-12-21)27-25(31)28-26-15-18-6-13-22(23(14-18)32-2)34-16-17-4-7-19(8-5-17)24(29)30/h4-15H,3,16H2,1-2H3,(H,29,30)(H2,27,28,31)/b26-15+. The molecule has 9 heteroatoms. The molecule has 2 amide bonds. The summed E-state index contributed by atoms with van der Waals surface area (Å²) < 4.78 is 16.5. The van der Waals surface area contributed by atoms with E-state index < -0.39 is 12.0 Å². The highest BCUT2D eigenvalue weighted by Gasteiger charge is 2.07. The fourth-order valence-corrected chi connectivity index (χ4v) is 2.91. The van der Waals surface area contributed by atoms with Gasteiger partial charge in [0.15, 0.2) is 11.5 Å². The number of anilines is 1. The van der Waals surface area contributed by atoms with Crippen LogP contribution in [-0.4, -0.2) is 37.0 Å². The van der Waals surface area contributed by atoms with Crippen molar-refractivity contribution in [3.63, 3.8) is 0 Å². The molecule has 0 fully saturated rings. The van der Waals surface area contributed by atoms with Gasteiger partial charge in [-0.25, -0.2) is 15.0 Å². The third-order valence-corrected chi connectivity index (χ3v) is 4.59. The third kappa shape index (κ3) is 6.99. The average Bonchev–Trinajstić information content (AvgIpc) is 2.84. The molecule has 0 unspecified atom stereocenters. The maximum absolute atomic E-state index is 12.0. The van der Waals surface area contributed by atoms with E-state index in [0.717, 1.165) is 11.3 Å². The molecule has 34 heavy (non-hydrogen) atoms. The largest absolute Gasteiger partial charge is 0.494 e. The van der Waals surface area contributed by atoms with Crippen molar-refractivity contribution < 1.29 is 28.9 Å². The van der Waals surface area contributed by atoms with Gasteiger partial charge >= 0.3 is 12.0 Å². The van der Waals surface area contributed by atoms with Crippen LogP contribution < -0.4 is 25.0 Å². The Hall–Kier alpha value is -4.53. The molecule has 3 N–H and O–H groups in total. The summed E-state index contributed by atoms with van der Waals surface area (Å²) in [6, 6.07) is 18.2. The average molecular weight is 463 g/mol. The fourth-order valence-electron chi connectivity index (χ4n) is 2.91. The van der Waals surface area contributed by atoms with E-state index in [2.05, 4.69) is 15.8 Å². The number of hydrazone groups is 1. The number of benzene rings is 3. The zero-order valence-corrected chi connectivity index (χ0v) is 18.8. The molecular weight excluding hydrogens is 438 g/mol. The van der Waals surface area contributed by atoms with Gasteiger partial charge in [-0.1, -0.05) is 12.1 Å². The Balaban J connectivity index is 1.53. The lowest BCUT2D eigenvalue weighted by Crippen LogP contribution is -2.24. The van der Waals surface area contributed by atoms with E-state index in [1.54, 1.807) is 54.6 Å². The number of urea groups is 1. The Morgan fingerprint density at radius 3 is 2.35 bits per heavy atom. The summed E-state index contributed by atoms with van der Waals surface area (Å²) in [5.74, 6) is 0.756. The summed E-state index contributed by atoms with van der Waals surface area (Å²) in [4.78, 5) is 23.0. The molecule has 0 saturated carbocycles. The normalized spacial score (nSPS) is 10.5. The SMILES string of the molecule is CCOc1ccc(NC(=O)N/N=C/c2ccc(OCc3ccc(C(=O)O)cc3)c(OC)c2)cc1. The second-order valence-corrected chi connectivity index (χ2v) is 6.98. The second kappa shape index (κ2) is 11.9. The third-order valence-electron chi connectivity index (χ3n) is 4.59. The highest BCUT2D eigenvalue weighted by atomic mass is 16.5. The first-order valence-electron chi connectivity index (χ1n) is 10.4. The van der Waals surface area contributed by atoms with Gasteiger partial charge in [0, 0.05) is 5.69 Å². The first-order chi connectivity index (χ1) is 16.5. The highest BCUT2D eigenvalue weighted by Crippen LogP contribution is 2.28. The van der Waals surface area contributed by atoms with E-state index in [1.165, 1.54) is 25.5 Å². The van der Waals surface area contributed by atoms with Crippen LogP contribution in [0.2, 0.25) is 0 Å². The number of hydrogen-bond donors (Lipinski definition) is 3. The number of carboxylic acid groups (broad SMARTS) is 1. The van der Waals surface area contributed by atoms with Crippen molar-refractivity contribution in [1.29, 1.82) is 0 Å². The number of rotatable bonds is 10. The van der Waals surface area contributed by atoms with Crippen LogP contribution >= 0.6 is 0 Å². The van der Waals surface area contributed by atoms with Gasteiger partial charge in [0.25, 0.3) is 0 Å². The minimum Gasteiger partial charge on any atom is -0.494 e. The molecule has 0 aromatic heterocycles. The Kier molecular flexibility index (Phi) is 8.45. The summed E-state index contributed by atoms with van der Waals surface area (Å²) in [5, 5.41) is 15.6. The Morgan fingerprint density at radius 2 is 1.71 bits per heavy atom. The Bertz CT molecular complexity index is 1140. The number of carboxylic acids is 1. The van der Waals surface area contributed by atoms with E-state index in [0.29, 0.717) is 29.4 Å². The zero-order valence-electron chi connectivity index (χ0n) is 18.8. The summed E-state index contributed by atoms with van der Waals surface area (Å²) >= 11 is 0. The van der Waals surface area contributed by atoms with Gasteiger partial charge in [0.05, 0.1) is 25.5 Å². The first-order valence-corrected chi connectivity index (χ1v) is 10.4. The van der Waals surface area contributed by atoms with Gasteiger partial charge in [0.1, 0.15) is 12.4 Å². The van der Waals surface area contributed by atoms with Crippen LogP contribution in [0.5, 0.6) is 17.2 Å². The number of nitrogens with zero attached hydrogens (tertiary/aromatic N) is 1. The van der Waals surface area contributed by atoms with Gasteiger partial charge in [-0.05, 0) is 72.6 Å². The van der Waals surface area contributed by atoms with Crippen molar-refractivity contribution in [3.05, 3.63) is 83.4 Å². The molecule has 3 rings (SSSR count). The summed E-state index contributed by atoms with van der Waals surface area (Å²) in [6.45, 7) is 2.72. The Morgan fingerprint density at radius 1 is 0.971 bits per heavy atom. The van der Waals surface area contributed by atoms with Crippen molar-refractivity contribution in [2.24, 2.45) is 5.10 Å². The van der Waals surface area contributed by atoms with Crippen LogP contribution in [0, 0.1) is 0 Å². The van der Waals surface area contributed by atoms with Crippen LogP contribution in [0.1, 0.15) is 28.4 Å². The Labute approximate surface area is 197 Å². The number of methoxy groups -OCH3 is 1. The smallest absolute Gasteiger partial charge is 0.339 e. The number of nitrogens with one attached hydrogen (secondary N) is 2. The van der Waals surface area contributed by atoms with Crippen molar-refractivity contribution in [2.45, 2.75) is 13.5 Å². The van der Waals surface area contributed by atoms with Gasteiger partial charge in [0.2, 0.25) is 0 Å². The monoisotopic (exact) mass is 463 g/mol. The van der Waals surface area contributed by atoms with Crippen molar-refractivity contribution in [2.75, 3.05) is 19.0 Å². The van der Waals surface area contributed by atoms with E-state index >= 15 is 0 Å². The molecule has 0 radical (unpaired) electrons. The van der Waals surface area contributed by atoms with Crippen molar-refractivity contribution in [3.8, 4) is 17.2 Å². The molecule has 0 aliphatic rings. The first kappa shape index (κ1) is 24.1. The number of aromatic carboxylic acids is 1. The van der Waals surface area contributed by atoms with Crippen LogP contribution in [0.15, 0.2) is 71.8 Å². The van der Waals surface area contributed by atoms with Crippen LogP contribution in [0.3, 0.4) is 0 Å². The lowest BCUT2D eigenvalue weighted by atomic mass is 10.1. The van der Waals surface area contributed by atoms with Crippen molar-refractivity contribution in [1.82, 2.24) is 5.43 Å². The zero-order chi connectivity index (χ0) is 24.3. The van der Waals surface area contributed by atoms with Crippen LogP contribution in [-0.2, 0) is 6.61 Å². The summed E-state index contributed by atoms with van der Waals surface area (Å²) in [5.41, 5.74) is 4.74. The van der Waals surface area contributed by atoms with Gasteiger partial charge < -0.3 is 24.6 Å². The molecule has 3 aromatic carbocycles. The summed E-state index contributed by atoms with van der Waals surface area (Å²) in [7, 11) is 1.52. The molecule has 0 aliphatic heterocycles. The lowest BCUT2D eigenvalue weighted by molar-refractivity contribution is 0.0696. The maximum Gasteiger partial charge on any atom is 0.339 e. The minimum atomic E-state index is -0.977. The molecule has 0 aliphatic carbocycles. The quantitative estimate of drug-likeness (QED) is 0.300. The fraction of sp³-hybridized carbons (Fsp3) is 0.160. The number of carbonyl (C=O) groups is 2. The molecule has 9 nitrogen and oxygen atoms in total. The number of ether oxygens (including phenoxy) is 3. The minimum absolute atomic E-state index is 0.215. The molecule has 0 atom stereocenters. The second-order valence-electron chi connectivity index (χ2n) is 6.98. The van der Waals surface area contributed by atoms with Crippen LogP contribution in [0.25, 0.3) is 0 Å². The molecule has 0 spiro atoms. The van der Waals surface area contributed by atoms with Gasteiger partial charge in [-0.15, -0.1) is 0 Å². The number of hydrogen-bond acceptors (Lipinski definition) is 6. The number of carbonyl (C=O) groups excluding carboxylic acids is 1. The van der Waals surface area contributed by atoms with E-state index in [1.807, 2.05) is 6.92 Å². The molecular formula is C25H25N3O6. The predicted octanol–water partition coefficient (Wildman–Crippen LogP) is 4.53. The van der Waals surface area contributed by atoms with E-state index in [-0.39, 0.29) is 12.2 Å². The lowest BCUT2D eigenvalue weighted by Gasteiger charge is -2.11. The topological polar surface area (TPSA) is 118 Å². The highest BCUT2D eigenvalue weighted by molar-refractivity contribution is 5.90. The van der Waals surface area contributed by atoms with E-state index in [9.17, 15) is 9.59 Å². The maximum atomic E-state index is 12.0.